The van der Waals surface area contributed by atoms with Crippen LogP contribution >= 0.6 is 0 Å². The number of hydrogen-bond acceptors (Lipinski definition) is 5. The summed E-state index contributed by atoms with van der Waals surface area (Å²) in [6.07, 6.45) is 0.324. The number of nitrogens with zero attached hydrogens (tertiary/aromatic N) is 1. The molecule has 0 aliphatic carbocycles. The smallest absolute Gasteiger partial charge is 0.328 e. The standard InChI is InChI=1S/C17H23N3O4/c1-10-5-6-13(12(18)9-10)19-15(22)17(3)7-8-20(16(17)23)11(2)14(21)24-4/h5-6,9,11H,7-8,18H2,1-4H3,(H,19,22)/t11-,17?/m1/s1. The zero-order valence-corrected chi connectivity index (χ0v) is 14.4. The van der Waals surface area contributed by atoms with E-state index >= 15 is 0 Å². The first-order valence-corrected chi connectivity index (χ1v) is 7.77. The van der Waals surface area contributed by atoms with Gasteiger partial charge in [0.2, 0.25) is 11.8 Å². The Morgan fingerprint density at radius 1 is 1.42 bits per heavy atom. The molecule has 24 heavy (non-hydrogen) atoms. The number of nitrogen functional groups attached to an aromatic ring is 1. The van der Waals surface area contributed by atoms with E-state index in [9.17, 15) is 14.4 Å². The van der Waals surface area contributed by atoms with Crippen molar-refractivity contribution in [3.63, 3.8) is 0 Å². The highest BCUT2D eigenvalue weighted by molar-refractivity contribution is 6.12. The van der Waals surface area contributed by atoms with E-state index in [4.69, 9.17) is 5.73 Å². The Hall–Kier alpha value is -2.57. The highest BCUT2D eigenvalue weighted by Gasteiger charge is 2.51. The summed E-state index contributed by atoms with van der Waals surface area (Å²) < 4.78 is 4.67. The van der Waals surface area contributed by atoms with Crippen LogP contribution in [0, 0.1) is 12.3 Å². The van der Waals surface area contributed by atoms with Gasteiger partial charge < -0.3 is 20.7 Å². The Morgan fingerprint density at radius 3 is 2.67 bits per heavy atom. The molecule has 0 saturated carbocycles. The molecule has 1 heterocycles. The van der Waals surface area contributed by atoms with Gasteiger partial charge in [-0.3, -0.25) is 9.59 Å². The van der Waals surface area contributed by atoms with Gasteiger partial charge in [0.25, 0.3) is 0 Å². The molecule has 2 rings (SSSR count). The lowest BCUT2D eigenvalue weighted by atomic mass is 9.87. The van der Waals surface area contributed by atoms with E-state index in [0.29, 0.717) is 24.3 Å². The number of carbonyl (C=O) groups excluding carboxylic acids is 3. The molecule has 7 heteroatoms. The van der Waals surface area contributed by atoms with Gasteiger partial charge >= 0.3 is 5.97 Å². The molecule has 3 N–H and O–H groups in total. The van der Waals surface area contributed by atoms with Gasteiger partial charge in [-0.15, -0.1) is 0 Å². The molecule has 130 valence electrons. The second-order valence-corrected chi connectivity index (χ2v) is 6.32. The van der Waals surface area contributed by atoms with Crippen LogP contribution in [0.3, 0.4) is 0 Å². The van der Waals surface area contributed by atoms with Crippen molar-refractivity contribution in [1.82, 2.24) is 4.90 Å². The number of carbonyl (C=O) groups is 3. The summed E-state index contributed by atoms with van der Waals surface area (Å²) in [7, 11) is 1.27. The number of likely N-dealkylation sites (tertiary alicyclic amines) is 1. The fraction of sp³-hybridized carbons (Fsp3) is 0.471. The lowest BCUT2D eigenvalue weighted by Crippen LogP contribution is -2.46. The Morgan fingerprint density at radius 2 is 2.08 bits per heavy atom. The number of nitrogens with one attached hydrogen (secondary N) is 1. The summed E-state index contributed by atoms with van der Waals surface area (Å²) in [4.78, 5) is 38.4. The zero-order valence-electron chi connectivity index (χ0n) is 14.4. The Labute approximate surface area is 141 Å². The second-order valence-electron chi connectivity index (χ2n) is 6.32. The predicted octanol–water partition coefficient (Wildman–Crippen LogP) is 1.32. The van der Waals surface area contributed by atoms with Crippen molar-refractivity contribution in [3.8, 4) is 0 Å². The fourth-order valence-electron chi connectivity index (χ4n) is 2.80. The van der Waals surface area contributed by atoms with Crippen LogP contribution in [0.15, 0.2) is 18.2 Å². The van der Waals surface area contributed by atoms with Crippen LogP contribution in [-0.4, -0.2) is 42.4 Å². The lowest BCUT2D eigenvalue weighted by molar-refractivity contribution is -0.153. The van der Waals surface area contributed by atoms with E-state index < -0.39 is 23.3 Å². The van der Waals surface area contributed by atoms with Crippen molar-refractivity contribution in [2.24, 2.45) is 5.41 Å². The van der Waals surface area contributed by atoms with Gasteiger partial charge in [0.05, 0.1) is 18.5 Å². The Bertz CT molecular complexity index is 688. The summed E-state index contributed by atoms with van der Waals surface area (Å²) in [5, 5.41) is 2.73. The molecule has 1 aliphatic rings. The van der Waals surface area contributed by atoms with Gasteiger partial charge in [-0.05, 0) is 44.9 Å². The van der Waals surface area contributed by atoms with E-state index in [1.54, 1.807) is 26.0 Å². The van der Waals surface area contributed by atoms with E-state index in [2.05, 4.69) is 10.1 Å². The largest absolute Gasteiger partial charge is 0.467 e. The van der Waals surface area contributed by atoms with Crippen LogP contribution in [0.5, 0.6) is 0 Å². The molecule has 0 spiro atoms. The molecular weight excluding hydrogens is 310 g/mol. The molecular formula is C17H23N3O4. The number of methoxy groups -OCH3 is 1. The minimum absolute atomic E-state index is 0.322. The minimum atomic E-state index is -1.24. The molecule has 7 nitrogen and oxygen atoms in total. The van der Waals surface area contributed by atoms with Crippen LogP contribution in [0.2, 0.25) is 0 Å². The minimum Gasteiger partial charge on any atom is -0.467 e. The maximum Gasteiger partial charge on any atom is 0.328 e. The molecule has 1 aliphatic heterocycles. The van der Waals surface area contributed by atoms with Crippen molar-refractivity contribution in [1.29, 1.82) is 0 Å². The summed E-state index contributed by atoms with van der Waals surface area (Å²) in [6, 6.07) is 4.57. The number of nitrogens with two attached hydrogens (primary N) is 1. The normalized spacial score (nSPS) is 21.5. The highest BCUT2D eigenvalue weighted by atomic mass is 16.5. The van der Waals surface area contributed by atoms with Crippen LogP contribution in [0.25, 0.3) is 0 Å². The van der Waals surface area contributed by atoms with Gasteiger partial charge in [-0.2, -0.15) is 0 Å². The number of esters is 1. The van der Waals surface area contributed by atoms with Gasteiger partial charge in [0.15, 0.2) is 0 Å². The van der Waals surface area contributed by atoms with Crippen molar-refractivity contribution in [2.75, 3.05) is 24.7 Å². The maximum absolute atomic E-state index is 12.7. The van der Waals surface area contributed by atoms with Crippen molar-refractivity contribution < 1.29 is 19.1 Å². The fourth-order valence-corrected chi connectivity index (χ4v) is 2.80. The first-order chi connectivity index (χ1) is 11.2. The average molecular weight is 333 g/mol. The maximum atomic E-state index is 12.7. The summed E-state index contributed by atoms with van der Waals surface area (Å²) in [5.41, 5.74) is 6.56. The van der Waals surface area contributed by atoms with Crippen LogP contribution in [0.4, 0.5) is 11.4 Å². The summed E-state index contributed by atoms with van der Waals surface area (Å²) in [6.45, 7) is 5.39. The third kappa shape index (κ3) is 3.06. The molecule has 1 fully saturated rings. The molecule has 2 atom stereocenters. The quantitative estimate of drug-likeness (QED) is 0.491. The first kappa shape index (κ1) is 17.8. The number of benzene rings is 1. The number of rotatable bonds is 4. The van der Waals surface area contributed by atoms with Crippen molar-refractivity contribution in [3.05, 3.63) is 23.8 Å². The SMILES string of the molecule is COC(=O)[C@@H](C)N1CCC(C)(C(=O)Nc2ccc(C)cc2N)C1=O. The lowest BCUT2D eigenvalue weighted by Gasteiger charge is -2.26. The van der Waals surface area contributed by atoms with Gasteiger partial charge in [-0.1, -0.05) is 6.07 Å². The third-order valence-electron chi connectivity index (χ3n) is 4.55. The average Bonchev–Trinajstić information content (AvgIpc) is 2.85. The molecule has 1 aromatic rings. The van der Waals surface area contributed by atoms with Crippen molar-refractivity contribution in [2.45, 2.75) is 33.2 Å². The summed E-state index contributed by atoms with van der Waals surface area (Å²) >= 11 is 0. The highest BCUT2D eigenvalue weighted by Crippen LogP contribution is 2.35. The van der Waals surface area contributed by atoms with E-state index in [-0.39, 0.29) is 5.91 Å². The Kier molecular flexibility index (Phi) is 4.82. The van der Waals surface area contributed by atoms with Gasteiger partial charge in [-0.25, -0.2) is 4.79 Å². The third-order valence-corrected chi connectivity index (χ3v) is 4.55. The van der Waals surface area contributed by atoms with E-state index in [1.165, 1.54) is 12.0 Å². The molecule has 0 aromatic heterocycles. The van der Waals surface area contributed by atoms with Crippen molar-refractivity contribution >= 4 is 29.2 Å². The number of anilines is 2. The monoisotopic (exact) mass is 333 g/mol. The molecule has 1 saturated heterocycles. The molecule has 0 bridgehead atoms. The summed E-state index contributed by atoms with van der Waals surface area (Å²) in [5.74, 6) is -1.32. The van der Waals surface area contributed by atoms with Crippen LogP contribution in [0.1, 0.15) is 25.8 Å². The number of amides is 2. The topological polar surface area (TPSA) is 102 Å². The Balaban J connectivity index is 2.17. The van der Waals surface area contributed by atoms with Crippen LogP contribution in [-0.2, 0) is 19.1 Å². The van der Waals surface area contributed by atoms with Gasteiger partial charge in [0, 0.05) is 6.54 Å². The first-order valence-electron chi connectivity index (χ1n) is 7.77. The van der Waals surface area contributed by atoms with Crippen LogP contribution < -0.4 is 11.1 Å². The number of ether oxygens (including phenoxy) is 1. The zero-order chi connectivity index (χ0) is 18.1. The molecule has 1 unspecified atom stereocenters. The number of hydrogen-bond donors (Lipinski definition) is 2. The van der Waals surface area contributed by atoms with E-state index in [0.717, 1.165) is 5.56 Å². The molecule has 1 aromatic carbocycles. The van der Waals surface area contributed by atoms with Gasteiger partial charge in [0.1, 0.15) is 11.5 Å². The molecule has 2 amide bonds. The predicted molar refractivity (Wildman–Crippen MR) is 90.1 cm³/mol. The molecule has 0 radical (unpaired) electrons. The second kappa shape index (κ2) is 6.51. The van der Waals surface area contributed by atoms with E-state index in [1.807, 2.05) is 13.0 Å². The number of aryl methyl sites for hydroxylation is 1.